The molecular formula is C23H22N4O3S. The van der Waals surface area contributed by atoms with Crippen LogP contribution in [0.5, 0.6) is 11.6 Å². The van der Waals surface area contributed by atoms with Crippen molar-refractivity contribution in [2.75, 3.05) is 4.72 Å². The molecule has 7 nitrogen and oxygen atoms in total. The second kappa shape index (κ2) is 8.23. The Balaban J connectivity index is 1.50. The van der Waals surface area contributed by atoms with Crippen LogP contribution in [-0.2, 0) is 10.0 Å². The molecule has 0 atom stereocenters. The van der Waals surface area contributed by atoms with E-state index >= 15 is 0 Å². The molecule has 158 valence electrons. The summed E-state index contributed by atoms with van der Waals surface area (Å²) in [7, 11) is -3.67. The Morgan fingerprint density at radius 3 is 2.26 bits per heavy atom. The van der Waals surface area contributed by atoms with E-state index in [1.807, 2.05) is 42.9 Å². The van der Waals surface area contributed by atoms with E-state index in [2.05, 4.69) is 14.7 Å². The predicted octanol–water partition coefficient (Wildman–Crippen LogP) is 4.79. The van der Waals surface area contributed by atoms with Gasteiger partial charge < -0.3 is 9.30 Å². The third-order valence-electron chi connectivity index (χ3n) is 4.79. The van der Waals surface area contributed by atoms with Gasteiger partial charge in [-0.05, 0) is 80.4 Å². The summed E-state index contributed by atoms with van der Waals surface area (Å²) in [6, 6.07) is 17.3. The first-order chi connectivity index (χ1) is 14.8. The molecule has 0 fully saturated rings. The van der Waals surface area contributed by atoms with Crippen molar-refractivity contribution in [1.29, 1.82) is 0 Å². The third-order valence-corrected chi connectivity index (χ3v) is 6.17. The molecule has 0 radical (unpaired) electrons. The molecule has 4 aromatic rings. The number of hydrogen-bond acceptors (Lipinski definition) is 5. The molecule has 0 aliphatic carbocycles. The first-order valence-electron chi connectivity index (χ1n) is 9.67. The summed E-state index contributed by atoms with van der Waals surface area (Å²) in [5.41, 5.74) is 2.41. The molecule has 2 heterocycles. The number of aryl methyl sites for hydroxylation is 3. The Bertz CT molecular complexity index is 1320. The van der Waals surface area contributed by atoms with E-state index in [-0.39, 0.29) is 4.90 Å². The Morgan fingerprint density at radius 1 is 0.871 bits per heavy atom. The SMILES string of the molecule is Cc1nc(Oc2ccc(NS(=O)(=O)c3ccc(C)c(C)c3)cc2)cc(-n2cccc2)n1. The van der Waals surface area contributed by atoms with Gasteiger partial charge in [0, 0.05) is 24.1 Å². The molecular weight excluding hydrogens is 412 g/mol. The largest absolute Gasteiger partial charge is 0.439 e. The number of ether oxygens (including phenoxy) is 1. The van der Waals surface area contributed by atoms with Gasteiger partial charge in [-0.3, -0.25) is 4.72 Å². The van der Waals surface area contributed by atoms with E-state index in [9.17, 15) is 8.42 Å². The molecule has 0 amide bonds. The van der Waals surface area contributed by atoms with Crippen LogP contribution in [0.2, 0.25) is 0 Å². The molecule has 1 N–H and O–H groups in total. The molecule has 0 spiro atoms. The number of sulfonamides is 1. The minimum atomic E-state index is -3.67. The maximum Gasteiger partial charge on any atom is 0.261 e. The summed E-state index contributed by atoms with van der Waals surface area (Å²) < 4.78 is 35.7. The maximum absolute atomic E-state index is 12.7. The van der Waals surface area contributed by atoms with Crippen LogP contribution in [0, 0.1) is 20.8 Å². The quantitative estimate of drug-likeness (QED) is 0.472. The third kappa shape index (κ3) is 4.75. The van der Waals surface area contributed by atoms with E-state index < -0.39 is 10.0 Å². The number of aromatic nitrogens is 3. The molecule has 31 heavy (non-hydrogen) atoms. The molecule has 2 aromatic heterocycles. The van der Waals surface area contributed by atoms with E-state index in [1.54, 1.807) is 55.5 Å². The average molecular weight is 435 g/mol. The predicted molar refractivity (Wildman–Crippen MR) is 119 cm³/mol. The molecule has 0 saturated carbocycles. The molecule has 0 bridgehead atoms. The molecule has 0 aliphatic rings. The van der Waals surface area contributed by atoms with Crippen LogP contribution in [0.4, 0.5) is 5.69 Å². The van der Waals surface area contributed by atoms with Gasteiger partial charge in [0.1, 0.15) is 17.4 Å². The highest BCUT2D eigenvalue weighted by atomic mass is 32.2. The number of anilines is 1. The first kappa shape index (κ1) is 20.6. The zero-order valence-corrected chi connectivity index (χ0v) is 18.2. The summed E-state index contributed by atoms with van der Waals surface area (Å²) in [5, 5.41) is 0. The van der Waals surface area contributed by atoms with Crippen molar-refractivity contribution in [3.63, 3.8) is 0 Å². The topological polar surface area (TPSA) is 86.1 Å². The lowest BCUT2D eigenvalue weighted by Crippen LogP contribution is -2.13. The molecule has 0 saturated heterocycles. The zero-order chi connectivity index (χ0) is 22.0. The van der Waals surface area contributed by atoms with E-state index in [0.29, 0.717) is 29.0 Å². The number of rotatable bonds is 6. The second-order valence-corrected chi connectivity index (χ2v) is 8.86. The lowest BCUT2D eigenvalue weighted by molar-refractivity contribution is 0.459. The summed E-state index contributed by atoms with van der Waals surface area (Å²) in [5.74, 6) is 2.22. The van der Waals surface area contributed by atoms with Crippen molar-refractivity contribution in [1.82, 2.24) is 14.5 Å². The summed E-state index contributed by atoms with van der Waals surface area (Å²) in [6.07, 6.45) is 3.78. The fraction of sp³-hybridized carbons (Fsp3) is 0.130. The van der Waals surface area contributed by atoms with Crippen LogP contribution in [0.3, 0.4) is 0 Å². The minimum Gasteiger partial charge on any atom is -0.439 e. The van der Waals surface area contributed by atoms with E-state index in [0.717, 1.165) is 11.1 Å². The molecule has 0 aliphatic heterocycles. The van der Waals surface area contributed by atoms with E-state index in [1.165, 1.54) is 0 Å². The second-order valence-electron chi connectivity index (χ2n) is 7.18. The van der Waals surface area contributed by atoms with Crippen LogP contribution in [0.25, 0.3) is 5.82 Å². The van der Waals surface area contributed by atoms with Crippen LogP contribution >= 0.6 is 0 Å². The Labute approximate surface area is 181 Å². The van der Waals surface area contributed by atoms with Crippen LogP contribution < -0.4 is 9.46 Å². The molecule has 2 aromatic carbocycles. The van der Waals surface area contributed by atoms with Crippen molar-refractivity contribution in [3.05, 3.63) is 90.0 Å². The number of nitrogens with zero attached hydrogens (tertiary/aromatic N) is 3. The lowest BCUT2D eigenvalue weighted by Gasteiger charge is -2.11. The Hall–Kier alpha value is -3.65. The van der Waals surface area contributed by atoms with Crippen molar-refractivity contribution in [2.45, 2.75) is 25.7 Å². The highest BCUT2D eigenvalue weighted by molar-refractivity contribution is 7.92. The van der Waals surface area contributed by atoms with Gasteiger partial charge in [-0.1, -0.05) is 6.07 Å². The summed E-state index contributed by atoms with van der Waals surface area (Å²) in [6.45, 7) is 5.63. The smallest absolute Gasteiger partial charge is 0.261 e. The van der Waals surface area contributed by atoms with Gasteiger partial charge in [0.05, 0.1) is 4.90 Å². The van der Waals surface area contributed by atoms with Crippen molar-refractivity contribution in [2.24, 2.45) is 0 Å². The van der Waals surface area contributed by atoms with Gasteiger partial charge in [0.25, 0.3) is 10.0 Å². The summed E-state index contributed by atoms with van der Waals surface area (Å²) in [4.78, 5) is 8.95. The van der Waals surface area contributed by atoms with Crippen LogP contribution in [0.15, 0.2) is 78.0 Å². The number of hydrogen-bond donors (Lipinski definition) is 1. The maximum atomic E-state index is 12.7. The fourth-order valence-corrected chi connectivity index (χ4v) is 4.15. The zero-order valence-electron chi connectivity index (χ0n) is 17.4. The Kier molecular flexibility index (Phi) is 5.48. The van der Waals surface area contributed by atoms with Gasteiger partial charge in [-0.25, -0.2) is 13.4 Å². The van der Waals surface area contributed by atoms with E-state index in [4.69, 9.17) is 4.74 Å². The van der Waals surface area contributed by atoms with Gasteiger partial charge in [0.2, 0.25) is 5.88 Å². The standard InChI is InChI=1S/C23H22N4O3S/c1-16-6-11-21(14-17(16)2)31(28,29)26-19-7-9-20(10-8-19)30-23-15-22(24-18(3)25-23)27-12-4-5-13-27/h4-15,26H,1-3H3. The first-order valence-corrected chi connectivity index (χ1v) is 11.2. The van der Waals surface area contributed by atoms with Crippen molar-refractivity contribution in [3.8, 4) is 17.4 Å². The molecule has 4 rings (SSSR count). The van der Waals surface area contributed by atoms with Crippen LogP contribution in [-0.4, -0.2) is 23.0 Å². The van der Waals surface area contributed by atoms with Crippen molar-refractivity contribution < 1.29 is 13.2 Å². The van der Waals surface area contributed by atoms with Gasteiger partial charge in [0.15, 0.2) is 0 Å². The Morgan fingerprint density at radius 2 is 1.58 bits per heavy atom. The highest BCUT2D eigenvalue weighted by Gasteiger charge is 2.15. The van der Waals surface area contributed by atoms with Gasteiger partial charge >= 0.3 is 0 Å². The van der Waals surface area contributed by atoms with Crippen molar-refractivity contribution >= 4 is 15.7 Å². The highest BCUT2D eigenvalue weighted by Crippen LogP contribution is 2.25. The number of nitrogens with one attached hydrogen (secondary N) is 1. The van der Waals surface area contributed by atoms with Gasteiger partial charge in [-0.15, -0.1) is 0 Å². The monoisotopic (exact) mass is 434 g/mol. The fourth-order valence-electron chi connectivity index (χ4n) is 3.00. The molecule has 8 heteroatoms. The molecule has 0 unspecified atom stereocenters. The van der Waals surface area contributed by atoms with Gasteiger partial charge in [-0.2, -0.15) is 4.98 Å². The number of benzene rings is 2. The lowest BCUT2D eigenvalue weighted by atomic mass is 10.1. The van der Waals surface area contributed by atoms with Crippen LogP contribution in [0.1, 0.15) is 17.0 Å². The summed E-state index contributed by atoms with van der Waals surface area (Å²) >= 11 is 0. The minimum absolute atomic E-state index is 0.227. The average Bonchev–Trinajstić information content (AvgIpc) is 3.26. The normalized spacial score (nSPS) is 11.3.